The monoisotopic (exact) mass is 522 g/mol. The molecule has 196 valence electrons. The molecule has 0 unspecified atom stereocenters. The van der Waals surface area contributed by atoms with E-state index in [0.717, 1.165) is 0 Å². The van der Waals surface area contributed by atoms with Crippen molar-refractivity contribution in [2.24, 2.45) is 5.92 Å². The lowest BCUT2D eigenvalue weighted by molar-refractivity contribution is -0.384. The maximum absolute atomic E-state index is 13.7. The van der Waals surface area contributed by atoms with Crippen LogP contribution in [0.5, 0.6) is 0 Å². The molecule has 0 aliphatic carbocycles. The molecular weight excluding hydrogens is 496 g/mol. The van der Waals surface area contributed by atoms with Crippen LogP contribution in [0, 0.1) is 27.9 Å². The van der Waals surface area contributed by atoms with Gasteiger partial charge in [0.05, 0.1) is 34.3 Å². The molecule has 0 aromatic heterocycles. The third-order valence-electron chi connectivity index (χ3n) is 5.97. The molecule has 0 fully saturated rings. The lowest BCUT2D eigenvalue weighted by atomic mass is 9.84. The van der Waals surface area contributed by atoms with Crippen LogP contribution in [0.15, 0.2) is 102 Å². The Balaban J connectivity index is 1.80. The summed E-state index contributed by atoms with van der Waals surface area (Å²) in [6, 6.07) is 24.3. The fraction of sp³-hybridized carbons (Fsp3) is 0.161. The number of nitro benzene ring substituents is 1. The third-order valence-corrected chi connectivity index (χ3v) is 5.97. The first kappa shape index (κ1) is 26.9. The summed E-state index contributed by atoms with van der Waals surface area (Å²) < 4.78 is 11.0. The minimum atomic E-state index is -0.960. The first-order chi connectivity index (χ1) is 18.9. The van der Waals surface area contributed by atoms with Crippen LogP contribution in [0.1, 0.15) is 30.5 Å². The van der Waals surface area contributed by atoms with E-state index in [4.69, 9.17) is 9.47 Å². The normalized spacial score (nSPS) is 14.6. The number of dihydropyridines is 1. The fourth-order valence-corrected chi connectivity index (χ4v) is 4.17. The summed E-state index contributed by atoms with van der Waals surface area (Å²) in [7, 11) is 0. The molecule has 8 heteroatoms. The van der Waals surface area contributed by atoms with Gasteiger partial charge < -0.3 is 14.8 Å². The lowest BCUT2D eigenvalue weighted by Gasteiger charge is -2.29. The summed E-state index contributed by atoms with van der Waals surface area (Å²) in [5.41, 5.74) is 3.07. The maximum Gasteiger partial charge on any atom is 0.338 e. The number of hydrogen-bond donors (Lipinski definition) is 1. The number of allylic oxidation sites excluding steroid dienone is 1. The van der Waals surface area contributed by atoms with Crippen molar-refractivity contribution in [2.45, 2.75) is 20.5 Å². The minimum Gasteiger partial charge on any atom is -0.463 e. The van der Waals surface area contributed by atoms with E-state index in [1.165, 1.54) is 18.2 Å². The summed E-state index contributed by atoms with van der Waals surface area (Å²) >= 11 is 0. The molecule has 8 nitrogen and oxygen atoms in total. The Labute approximate surface area is 226 Å². The highest BCUT2D eigenvalue weighted by molar-refractivity contribution is 6.04. The zero-order valence-corrected chi connectivity index (χ0v) is 21.5. The summed E-state index contributed by atoms with van der Waals surface area (Å²) in [4.78, 5) is 37.5. The number of nitrogens with one attached hydrogen (secondary N) is 1. The van der Waals surface area contributed by atoms with Gasteiger partial charge in [-0.1, -0.05) is 72.5 Å². The van der Waals surface area contributed by atoms with Crippen molar-refractivity contribution in [3.8, 4) is 11.8 Å². The van der Waals surface area contributed by atoms with Crippen molar-refractivity contribution < 1.29 is 24.0 Å². The quantitative estimate of drug-likeness (QED) is 0.198. The van der Waals surface area contributed by atoms with Crippen LogP contribution < -0.4 is 5.32 Å². The topological polar surface area (TPSA) is 108 Å². The van der Waals surface area contributed by atoms with Crippen molar-refractivity contribution in [2.75, 3.05) is 6.61 Å². The van der Waals surface area contributed by atoms with Crippen LogP contribution in [0.4, 0.5) is 5.69 Å². The van der Waals surface area contributed by atoms with Gasteiger partial charge in [-0.3, -0.25) is 10.1 Å². The number of benzene rings is 3. The van der Waals surface area contributed by atoms with E-state index < -0.39 is 22.8 Å². The predicted molar refractivity (Wildman–Crippen MR) is 146 cm³/mol. The Morgan fingerprint density at radius 1 is 0.923 bits per heavy atom. The van der Waals surface area contributed by atoms with Crippen molar-refractivity contribution in [3.05, 3.63) is 129 Å². The lowest BCUT2D eigenvalue weighted by Crippen LogP contribution is -2.33. The van der Waals surface area contributed by atoms with E-state index in [1.807, 2.05) is 60.7 Å². The number of nitrogens with zero attached hydrogens (tertiary/aromatic N) is 1. The zero-order chi connectivity index (χ0) is 27.8. The fourth-order valence-electron chi connectivity index (χ4n) is 4.17. The highest BCUT2D eigenvalue weighted by Crippen LogP contribution is 2.35. The number of nitro groups is 1. The molecule has 1 aliphatic heterocycles. The molecule has 39 heavy (non-hydrogen) atoms. The second-order valence-corrected chi connectivity index (χ2v) is 8.61. The molecule has 4 rings (SSSR count). The van der Waals surface area contributed by atoms with Crippen molar-refractivity contribution in [1.29, 1.82) is 0 Å². The highest BCUT2D eigenvalue weighted by Gasteiger charge is 2.37. The Morgan fingerprint density at radius 2 is 1.59 bits per heavy atom. The smallest absolute Gasteiger partial charge is 0.338 e. The van der Waals surface area contributed by atoms with Gasteiger partial charge in [0, 0.05) is 23.4 Å². The van der Waals surface area contributed by atoms with E-state index in [1.54, 1.807) is 19.9 Å². The summed E-state index contributed by atoms with van der Waals surface area (Å²) in [6.45, 7) is 3.38. The van der Waals surface area contributed by atoms with Gasteiger partial charge in [0.2, 0.25) is 0 Å². The van der Waals surface area contributed by atoms with Crippen molar-refractivity contribution in [1.82, 2.24) is 5.32 Å². The molecular formula is C31H26N2O6. The van der Waals surface area contributed by atoms with Crippen molar-refractivity contribution in [3.63, 3.8) is 0 Å². The van der Waals surface area contributed by atoms with E-state index in [0.29, 0.717) is 28.1 Å². The van der Waals surface area contributed by atoms with Crippen LogP contribution >= 0.6 is 0 Å². The Bertz CT molecular complexity index is 1510. The Hall–Kier alpha value is -5.16. The molecule has 1 atom stereocenters. The van der Waals surface area contributed by atoms with Gasteiger partial charge in [-0.25, -0.2) is 9.59 Å². The van der Waals surface area contributed by atoms with Crippen LogP contribution in [0.2, 0.25) is 0 Å². The van der Waals surface area contributed by atoms with Gasteiger partial charge in [0.1, 0.15) is 6.61 Å². The zero-order valence-electron chi connectivity index (χ0n) is 21.5. The molecule has 3 aromatic carbocycles. The maximum atomic E-state index is 13.7. The molecule has 1 heterocycles. The first-order valence-electron chi connectivity index (χ1n) is 12.3. The molecule has 0 saturated carbocycles. The standard InChI is InChI=1S/C31H26N2O6/c1-3-38-30(34)27-21(2)32-29(24-14-8-5-9-15-24)28(26(27)18-17-22-11-6-4-7-12-22)31(35)39-20-23-13-10-16-25(19-23)33(36)37/h4-16,19,26,32H,3,20H2,1-2H3/t26-/m1/s1. The van der Waals surface area contributed by atoms with Crippen LogP contribution in [0.25, 0.3) is 5.70 Å². The predicted octanol–water partition coefficient (Wildman–Crippen LogP) is 5.16. The van der Waals surface area contributed by atoms with E-state index in [2.05, 4.69) is 17.2 Å². The Morgan fingerprint density at radius 3 is 2.26 bits per heavy atom. The number of esters is 2. The molecule has 0 bridgehead atoms. The molecule has 0 spiro atoms. The van der Waals surface area contributed by atoms with Crippen molar-refractivity contribution >= 4 is 23.3 Å². The van der Waals surface area contributed by atoms with Gasteiger partial charge in [0.15, 0.2) is 0 Å². The number of carbonyl (C=O) groups is 2. The van der Waals surface area contributed by atoms with Gasteiger partial charge in [-0.15, -0.1) is 0 Å². The Kier molecular flexibility index (Phi) is 8.54. The molecule has 1 aliphatic rings. The van der Waals surface area contributed by atoms with Crippen LogP contribution in [0.3, 0.4) is 0 Å². The molecule has 3 aromatic rings. The number of hydrogen-bond acceptors (Lipinski definition) is 7. The first-order valence-corrected chi connectivity index (χ1v) is 12.3. The molecule has 1 N–H and O–H groups in total. The van der Waals surface area contributed by atoms with E-state index >= 15 is 0 Å². The second kappa shape index (κ2) is 12.4. The molecule has 0 radical (unpaired) electrons. The van der Waals surface area contributed by atoms with E-state index in [-0.39, 0.29) is 30.0 Å². The minimum absolute atomic E-state index is 0.109. The summed E-state index contributed by atoms with van der Waals surface area (Å²) in [5, 5.41) is 14.4. The van der Waals surface area contributed by atoms with Gasteiger partial charge in [-0.05, 0) is 37.1 Å². The van der Waals surface area contributed by atoms with Gasteiger partial charge >= 0.3 is 11.9 Å². The van der Waals surface area contributed by atoms with Gasteiger partial charge in [-0.2, -0.15) is 0 Å². The number of rotatable bonds is 7. The molecule has 0 saturated heterocycles. The van der Waals surface area contributed by atoms with Gasteiger partial charge in [0.25, 0.3) is 5.69 Å². The van der Waals surface area contributed by atoms with Crippen LogP contribution in [-0.2, 0) is 25.7 Å². The largest absolute Gasteiger partial charge is 0.463 e. The highest BCUT2D eigenvalue weighted by atomic mass is 16.6. The summed E-state index contributed by atoms with van der Waals surface area (Å²) in [5.74, 6) is 3.92. The van der Waals surface area contributed by atoms with Crippen LogP contribution in [-0.4, -0.2) is 23.5 Å². The SMILES string of the molecule is CCOC(=O)C1=C(C)NC(c2ccccc2)=C(C(=O)OCc2cccc([N+](=O)[O-])c2)[C@@H]1C#Cc1ccccc1. The number of carbonyl (C=O) groups excluding carboxylic acids is 2. The average Bonchev–Trinajstić information content (AvgIpc) is 2.95. The number of ether oxygens (including phenoxy) is 2. The summed E-state index contributed by atoms with van der Waals surface area (Å²) in [6.07, 6.45) is 0. The third kappa shape index (κ3) is 6.40. The number of non-ortho nitro benzene ring substituents is 1. The average molecular weight is 523 g/mol. The molecule has 0 amide bonds. The van der Waals surface area contributed by atoms with E-state index in [9.17, 15) is 19.7 Å². The second-order valence-electron chi connectivity index (χ2n) is 8.61.